The van der Waals surface area contributed by atoms with Gasteiger partial charge in [-0.1, -0.05) is 51.4 Å². The summed E-state index contributed by atoms with van der Waals surface area (Å²) in [5.74, 6) is -0.0180. The summed E-state index contributed by atoms with van der Waals surface area (Å²) in [7, 11) is -3.95. The van der Waals surface area contributed by atoms with Crippen LogP contribution in [0.1, 0.15) is 77.0 Å². The van der Waals surface area contributed by atoms with E-state index in [0.29, 0.717) is 5.69 Å². The van der Waals surface area contributed by atoms with Gasteiger partial charge in [0.05, 0.1) is 11.7 Å². The number of rotatable bonds is 5. The number of pyridine rings is 1. The number of sulfonamides is 1. The van der Waals surface area contributed by atoms with Crippen LogP contribution in [0.3, 0.4) is 0 Å². The zero-order valence-electron chi connectivity index (χ0n) is 17.4. The molecule has 0 unspecified atom stereocenters. The van der Waals surface area contributed by atoms with Crippen LogP contribution in [0.4, 0.5) is 5.69 Å². The van der Waals surface area contributed by atoms with Gasteiger partial charge >= 0.3 is 0 Å². The molecule has 2 saturated carbocycles. The van der Waals surface area contributed by atoms with E-state index >= 15 is 0 Å². The maximum atomic E-state index is 13.1. The predicted molar refractivity (Wildman–Crippen MR) is 117 cm³/mol. The Balaban J connectivity index is 1.77. The van der Waals surface area contributed by atoms with E-state index < -0.39 is 10.0 Å². The van der Waals surface area contributed by atoms with Gasteiger partial charge in [-0.15, -0.1) is 0 Å². The summed E-state index contributed by atoms with van der Waals surface area (Å²) in [6, 6.07) is 1.96. The number of anilines is 1. The van der Waals surface area contributed by atoms with Gasteiger partial charge in [0.1, 0.15) is 4.90 Å². The minimum absolute atomic E-state index is 0.0117. The number of hydrogen-bond donors (Lipinski definition) is 3. The lowest BCUT2D eigenvalue weighted by molar-refractivity contribution is 0.454. The molecular weight excluding hydrogens is 400 g/mol. The van der Waals surface area contributed by atoms with Crippen molar-refractivity contribution in [3.63, 3.8) is 0 Å². The Hall–Kier alpha value is -2.34. The first-order valence-electron chi connectivity index (χ1n) is 11.0. The minimum atomic E-state index is -3.95. The second kappa shape index (κ2) is 11.2. The second-order valence-electron chi connectivity index (χ2n) is 8.17. The zero-order chi connectivity index (χ0) is 21.2. The average molecular weight is 433 g/mol. The molecule has 3 rings (SSSR count). The summed E-state index contributed by atoms with van der Waals surface area (Å²) in [5.41, 5.74) is 0.534. The van der Waals surface area contributed by atoms with Crippen molar-refractivity contribution in [2.75, 3.05) is 5.32 Å². The van der Waals surface area contributed by atoms with Crippen molar-refractivity contribution in [1.82, 2.24) is 15.0 Å². The molecule has 0 amide bonds. The SMILES string of the molecule is N#CNC(=NC1CCCCCCC1)NS(=O)(=O)c1cnccc1NC1CCCCC1. The van der Waals surface area contributed by atoms with Crippen molar-refractivity contribution in [3.8, 4) is 6.19 Å². The van der Waals surface area contributed by atoms with Crippen LogP contribution in [0.25, 0.3) is 0 Å². The third-order valence-electron chi connectivity index (χ3n) is 5.83. The summed E-state index contributed by atoms with van der Waals surface area (Å²) in [6.07, 6.45) is 17.8. The molecule has 2 aliphatic rings. The number of aliphatic imine (C=N–C) groups is 1. The van der Waals surface area contributed by atoms with Crippen LogP contribution >= 0.6 is 0 Å². The molecule has 3 N–H and O–H groups in total. The van der Waals surface area contributed by atoms with E-state index in [0.717, 1.165) is 51.4 Å². The number of nitrogens with zero attached hydrogens (tertiary/aromatic N) is 3. The summed E-state index contributed by atoms with van der Waals surface area (Å²) < 4.78 is 28.7. The fraction of sp³-hybridized carbons (Fsp3) is 0.667. The van der Waals surface area contributed by atoms with Crippen molar-refractivity contribution >= 4 is 21.7 Å². The molecule has 9 heteroatoms. The van der Waals surface area contributed by atoms with E-state index in [1.54, 1.807) is 18.5 Å². The largest absolute Gasteiger partial charge is 0.381 e. The molecule has 1 aromatic heterocycles. The van der Waals surface area contributed by atoms with Crippen molar-refractivity contribution < 1.29 is 8.42 Å². The lowest BCUT2D eigenvalue weighted by Crippen LogP contribution is -2.40. The van der Waals surface area contributed by atoms with Crippen LogP contribution in [-0.2, 0) is 10.0 Å². The Morgan fingerprint density at radius 1 is 1.03 bits per heavy atom. The van der Waals surface area contributed by atoms with Crippen LogP contribution in [-0.4, -0.2) is 31.4 Å². The smallest absolute Gasteiger partial charge is 0.267 e. The average Bonchev–Trinajstić information content (AvgIpc) is 2.71. The molecule has 1 heterocycles. The first kappa shape index (κ1) is 22.3. The molecule has 0 radical (unpaired) electrons. The Kier molecular flexibility index (Phi) is 8.31. The van der Waals surface area contributed by atoms with E-state index in [9.17, 15) is 8.42 Å². The van der Waals surface area contributed by atoms with Crippen LogP contribution in [0, 0.1) is 11.5 Å². The van der Waals surface area contributed by atoms with E-state index in [1.807, 2.05) is 0 Å². The van der Waals surface area contributed by atoms with Crippen LogP contribution in [0.2, 0.25) is 0 Å². The van der Waals surface area contributed by atoms with E-state index in [4.69, 9.17) is 5.26 Å². The number of aromatic nitrogens is 1. The molecule has 164 valence electrons. The number of nitrogens with one attached hydrogen (secondary N) is 3. The van der Waals surface area contributed by atoms with E-state index in [1.165, 1.54) is 31.9 Å². The summed E-state index contributed by atoms with van der Waals surface area (Å²) >= 11 is 0. The Labute approximate surface area is 179 Å². The fourth-order valence-corrected chi connectivity index (χ4v) is 5.33. The summed E-state index contributed by atoms with van der Waals surface area (Å²) in [6.45, 7) is 0. The second-order valence-corrected chi connectivity index (χ2v) is 9.82. The highest BCUT2D eigenvalue weighted by Crippen LogP contribution is 2.26. The van der Waals surface area contributed by atoms with Gasteiger partial charge in [0, 0.05) is 18.4 Å². The highest BCUT2D eigenvalue weighted by Gasteiger charge is 2.24. The molecule has 2 aliphatic carbocycles. The van der Waals surface area contributed by atoms with Crippen LogP contribution < -0.4 is 15.4 Å². The van der Waals surface area contributed by atoms with Crippen molar-refractivity contribution in [3.05, 3.63) is 18.5 Å². The van der Waals surface area contributed by atoms with Crippen LogP contribution in [0.15, 0.2) is 28.3 Å². The van der Waals surface area contributed by atoms with Crippen molar-refractivity contribution in [2.24, 2.45) is 4.99 Å². The molecule has 0 aromatic carbocycles. The first-order valence-corrected chi connectivity index (χ1v) is 12.5. The van der Waals surface area contributed by atoms with Crippen molar-refractivity contribution in [2.45, 2.75) is 94.0 Å². The summed E-state index contributed by atoms with van der Waals surface area (Å²) in [5, 5.41) is 14.9. The minimum Gasteiger partial charge on any atom is -0.381 e. The maximum Gasteiger partial charge on any atom is 0.267 e. The summed E-state index contributed by atoms with van der Waals surface area (Å²) in [4.78, 5) is 8.62. The molecular formula is C21H32N6O2S. The van der Waals surface area contributed by atoms with Gasteiger partial charge in [0.2, 0.25) is 5.96 Å². The van der Waals surface area contributed by atoms with Crippen LogP contribution in [0.5, 0.6) is 0 Å². The van der Waals surface area contributed by atoms with Gasteiger partial charge in [0.15, 0.2) is 6.19 Å². The standard InChI is InChI=1S/C21H32N6O2S/c22-16-24-21(26-18-11-5-2-1-3-6-12-18)27-30(28,29)20-15-23-14-13-19(20)25-17-9-7-4-8-10-17/h13-15,17-18H,1-12H2,(H,23,25)(H2,24,26,27). The molecule has 0 aliphatic heterocycles. The molecule has 0 spiro atoms. The highest BCUT2D eigenvalue weighted by molar-refractivity contribution is 7.90. The molecule has 0 bridgehead atoms. The number of guanidine groups is 1. The van der Waals surface area contributed by atoms with Gasteiger partial charge in [-0.2, -0.15) is 5.26 Å². The van der Waals surface area contributed by atoms with Crippen molar-refractivity contribution in [1.29, 1.82) is 5.26 Å². The van der Waals surface area contributed by atoms with E-state index in [-0.39, 0.29) is 22.9 Å². The third-order valence-corrected chi connectivity index (χ3v) is 7.20. The lowest BCUT2D eigenvalue weighted by atomic mass is 9.95. The van der Waals surface area contributed by atoms with Gasteiger partial charge in [-0.3, -0.25) is 10.3 Å². The number of nitriles is 1. The molecule has 8 nitrogen and oxygen atoms in total. The lowest BCUT2D eigenvalue weighted by Gasteiger charge is -2.25. The number of hydrogen-bond acceptors (Lipinski definition) is 6. The Morgan fingerprint density at radius 2 is 1.67 bits per heavy atom. The normalized spacial score (nSPS) is 19.9. The molecule has 0 saturated heterocycles. The molecule has 2 fully saturated rings. The molecule has 30 heavy (non-hydrogen) atoms. The maximum absolute atomic E-state index is 13.1. The van der Waals surface area contributed by atoms with Gasteiger partial charge in [-0.25, -0.2) is 18.1 Å². The molecule has 0 atom stereocenters. The van der Waals surface area contributed by atoms with Gasteiger partial charge < -0.3 is 5.32 Å². The predicted octanol–water partition coefficient (Wildman–Crippen LogP) is 3.64. The van der Waals surface area contributed by atoms with E-state index in [2.05, 4.69) is 25.3 Å². The Bertz CT molecular complexity index is 850. The fourth-order valence-electron chi connectivity index (χ4n) is 4.25. The quantitative estimate of drug-likeness (QED) is 0.283. The first-order chi connectivity index (χ1) is 14.6. The highest BCUT2D eigenvalue weighted by atomic mass is 32.2. The topological polar surface area (TPSA) is 119 Å². The van der Waals surface area contributed by atoms with Gasteiger partial charge in [-0.05, 0) is 31.7 Å². The Morgan fingerprint density at radius 3 is 2.37 bits per heavy atom. The molecule has 1 aromatic rings. The zero-order valence-corrected chi connectivity index (χ0v) is 18.3. The third kappa shape index (κ3) is 6.59. The monoisotopic (exact) mass is 432 g/mol. The van der Waals surface area contributed by atoms with Gasteiger partial charge in [0.25, 0.3) is 10.0 Å².